The van der Waals surface area contributed by atoms with Gasteiger partial charge in [-0.15, -0.1) is 0 Å². The fourth-order valence-corrected chi connectivity index (χ4v) is 2.74. The van der Waals surface area contributed by atoms with Gasteiger partial charge in [-0.25, -0.2) is 0 Å². The van der Waals surface area contributed by atoms with E-state index in [1.54, 1.807) is 0 Å². The standard InChI is InChI=1S/C17H17FN2O/c18-6-1-7-21-13-4-5-14-15(9-13)20-16-8-12(11-2-3-11)10-19-17(14)16/h4-5,8-11,20H,1-3,6-7H2. The molecular formula is C17H17FN2O. The van der Waals surface area contributed by atoms with E-state index in [-0.39, 0.29) is 6.67 Å². The molecule has 3 nitrogen and oxygen atoms in total. The van der Waals surface area contributed by atoms with Gasteiger partial charge in [0.05, 0.1) is 29.8 Å². The number of nitrogens with zero attached hydrogens (tertiary/aromatic N) is 1. The minimum absolute atomic E-state index is 0.345. The van der Waals surface area contributed by atoms with Crippen molar-refractivity contribution in [2.45, 2.75) is 25.2 Å². The zero-order valence-corrected chi connectivity index (χ0v) is 11.7. The first-order valence-corrected chi connectivity index (χ1v) is 7.45. The molecule has 21 heavy (non-hydrogen) atoms. The van der Waals surface area contributed by atoms with E-state index in [2.05, 4.69) is 16.0 Å². The molecule has 0 atom stereocenters. The molecule has 0 aliphatic heterocycles. The molecule has 0 saturated heterocycles. The predicted octanol–water partition coefficient (Wildman–Crippen LogP) is 4.33. The molecule has 0 spiro atoms. The molecule has 4 heteroatoms. The topological polar surface area (TPSA) is 37.9 Å². The first-order valence-electron chi connectivity index (χ1n) is 7.45. The summed E-state index contributed by atoms with van der Waals surface area (Å²) in [5.41, 5.74) is 4.43. The van der Waals surface area contributed by atoms with Crippen LogP contribution in [0.5, 0.6) is 5.75 Å². The quantitative estimate of drug-likeness (QED) is 0.708. The normalized spacial score (nSPS) is 14.9. The van der Waals surface area contributed by atoms with Gasteiger partial charge in [-0.05, 0) is 42.5 Å². The third-order valence-electron chi connectivity index (χ3n) is 4.02. The number of benzene rings is 1. The SMILES string of the molecule is FCCCOc1ccc2c(c1)[nH]c1cc(C3CC3)cnc12. The second-order valence-corrected chi connectivity index (χ2v) is 5.66. The van der Waals surface area contributed by atoms with Crippen LogP contribution >= 0.6 is 0 Å². The van der Waals surface area contributed by atoms with E-state index < -0.39 is 0 Å². The highest BCUT2D eigenvalue weighted by Gasteiger charge is 2.24. The molecule has 0 unspecified atom stereocenters. The number of H-pyrrole nitrogens is 1. The molecule has 1 N–H and O–H groups in total. The summed E-state index contributed by atoms with van der Waals surface area (Å²) in [6.07, 6.45) is 4.98. The lowest BCUT2D eigenvalue weighted by molar-refractivity contribution is 0.290. The van der Waals surface area contributed by atoms with Crippen LogP contribution in [0, 0.1) is 0 Å². The predicted molar refractivity (Wildman–Crippen MR) is 81.7 cm³/mol. The van der Waals surface area contributed by atoms with Gasteiger partial charge < -0.3 is 9.72 Å². The number of alkyl halides is 1. The Bertz CT molecular complexity index is 792. The Labute approximate surface area is 122 Å². The molecule has 2 heterocycles. The molecule has 0 bridgehead atoms. The zero-order valence-electron chi connectivity index (χ0n) is 11.7. The number of aromatic amines is 1. The molecule has 1 fully saturated rings. The van der Waals surface area contributed by atoms with Gasteiger partial charge in [0.25, 0.3) is 0 Å². The molecule has 1 aliphatic carbocycles. The Morgan fingerprint density at radius 2 is 2.14 bits per heavy atom. The van der Waals surface area contributed by atoms with Crippen molar-refractivity contribution in [3.63, 3.8) is 0 Å². The first-order chi connectivity index (χ1) is 10.3. The lowest BCUT2D eigenvalue weighted by Gasteiger charge is -2.04. The Balaban J connectivity index is 1.71. The zero-order chi connectivity index (χ0) is 14.2. The van der Waals surface area contributed by atoms with Crippen LogP contribution < -0.4 is 4.74 Å². The lowest BCUT2D eigenvalue weighted by atomic mass is 10.1. The number of aromatic nitrogens is 2. The number of nitrogens with one attached hydrogen (secondary N) is 1. The number of pyridine rings is 1. The number of halogens is 1. The maximum absolute atomic E-state index is 12.1. The summed E-state index contributed by atoms with van der Waals surface area (Å²) in [4.78, 5) is 8.03. The van der Waals surface area contributed by atoms with Crippen molar-refractivity contribution in [1.29, 1.82) is 0 Å². The average molecular weight is 284 g/mol. The Hall–Kier alpha value is -2.10. The van der Waals surface area contributed by atoms with Gasteiger partial charge in [-0.3, -0.25) is 9.37 Å². The maximum atomic E-state index is 12.1. The summed E-state index contributed by atoms with van der Waals surface area (Å²) < 4.78 is 17.6. The minimum Gasteiger partial charge on any atom is -0.493 e. The Kier molecular flexibility index (Phi) is 3.02. The molecule has 4 rings (SSSR count). The Morgan fingerprint density at radius 3 is 2.95 bits per heavy atom. The van der Waals surface area contributed by atoms with Crippen LogP contribution in [0.3, 0.4) is 0 Å². The van der Waals surface area contributed by atoms with Gasteiger partial charge in [-0.2, -0.15) is 0 Å². The largest absolute Gasteiger partial charge is 0.493 e. The molecule has 1 saturated carbocycles. The van der Waals surface area contributed by atoms with Crippen LogP contribution in [0.25, 0.3) is 21.9 Å². The summed E-state index contributed by atoms with van der Waals surface area (Å²) in [7, 11) is 0. The number of hydrogen-bond acceptors (Lipinski definition) is 2. The van der Waals surface area contributed by atoms with Crippen molar-refractivity contribution < 1.29 is 9.13 Å². The van der Waals surface area contributed by atoms with Gasteiger partial charge >= 0.3 is 0 Å². The third-order valence-corrected chi connectivity index (χ3v) is 4.02. The molecule has 2 aromatic heterocycles. The Morgan fingerprint density at radius 1 is 1.24 bits per heavy atom. The van der Waals surface area contributed by atoms with E-state index in [1.807, 2.05) is 24.4 Å². The molecule has 0 radical (unpaired) electrons. The van der Waals surface area contributed by atoms with Crippen molar-refractivity contribution >= 4 is 21.9 Å². The molecule has 0 amide bonds. The van der Waals surface area contributed by atoms with E-state index in [0.29, 0.717) is 18.9 Å². The molecule has 1 aromatic carbocycles. The summed E-state index contributed by atoms with van der Waals surface area (Å²) in [6.45, 7) is 0.0643. The van der Waals surface area contributed by atoms with Crippen LogP contribution in [0.2, 0.25) is 0 Å². The second kappa shape index (κ2) is 5.02. The van der Waals surface area contributed by atoms with Gasteiger partial charge in [0.1, 0.15) is 5.75 Å². The fourth-order valence-electron chi connectivity index (χ4n) is 2.74. The van der Waals surface area contributed by atoms with Crippen LogP contribution in [0.1, 0.15) is 30.7 Å². The summed E-state index contributed by atoms with van der Waals surface area (Å²) in [6, 6.07) is 8.11. The van der Waals surface area contributed by atoms with Gasteiger partial charge in [-0.1, -0.05) is 0 Å². The van der Waals surface area contributed by atoms with Crippen LogP contribution in [0.4, 0.5) is 4.39 Å². The lowest BCUT2D eigenvalue weighted by Crippen LogP contribution is -1.97. The van der Waals surface area contributed by atoms with Crippen molar-refractivity contribution in [3.05, 3.63) is 36.0 Å². The van der Waals surface area contributed by atoms with Crippen molar-refractivity contribution in [2.75, 3.05) is 13.3 Å². The van der Waals surface area contributed by atoms with Gasteiger partial charge in [0, 0.05) is 24.1 Å². The minimum atomic E-state index is -0.345. The van der Waals surface area contributed by atoms with E-state index in [9.17, 15) is 4.39 Å². The molecular weight excluding hydrogens is 267 g/mol. The van der Waals surface area contributed by atoms with Crippen LogP contribution in [-0.2, 0) is 0 Å². The smallest absolute Gasteiger partial charge is 0.121 e. The van der Waals surface area contributed by atoms with E-state index in [0.717, 1.165) is 27.7 Å². The van der Waals surface area contributed by atoms with Crippen molar-refractivity contribution in [1.82, 2.24) is 9.97 Å². The number of fused-ring (bicyclic) bond motifs is 3. The highest BCUT2D eigenvalue weighted by Crippen LogP contribution is 2.41. The number of ether oxygens (including phenoxy) is 1. The number of rotatable bonds is 5. The summed E-state index contributed by atoms with van der Waals surface area (Å²) in [5, 5.41) is 1.10. The highest BCUT2D eigenvalue weighted by molar-refractivity contribution is 6.05. The fraction of sp³-hybridized carbons (Fsp3) is 0.353. The summed E-state index contributed by atoms with van der Waals surface area (Å²) in [5.74, 6) is 1.47. The molecule has 1 aliphatic rings. The van der Waals surface area contributed by atoms with Crippen LogP contribution in [-0.4, -0.2) is 23.2 Å². The summed E-state index contributed by atoms with van der Waals surface area (Å²) >= 11 is 0. The number of hydrogen-bond donors (Lipinski definition) is 1. The second-order valence-electron chi connectivity index (χ2n) is 5.66. The average Bonchev–Trinajstić information content (AvgIpc) is 3.28. The van der Waals surface area contributed by atoms with Crippen molar-refractivity contribution in [3.8, 4) is 5.75 Å². The highest BCUT2D eigenvalue weighted by atomic mass is 19.1. The first kappa shape index (κ1) is 12.6. The van der Waals surface area contributed by atoms with Gasteiger partial charge in [0.2, 0.25) is 0 Å². The van der Waals surface area contributed by atoms with E-state index in [4.69, 9.17) is 4.74 Å². The van der Waals surface area contributed by atoms with E-state index in [1.165, 1.54) is 18.4 Å². The van der Waals surface area contributed by atoms with Crippen LogP contribution in [0.15, 0.2) is 30.5 Å². The van der Waals surface area contributed by atoms with Gasteiger partial charge in [0.15, 0.2) is 0 Å². The third kappa shape index (κ3) is 2.35. The monoisotopic (exact) mass is 284 g/mol. The molecule has 3 aromatic rings. The maximum Gasteiger partial charge on any atom is 0.121 e. The van der Waals surface area contributed by atoms with Crippen molar-refractivity contribution in [2.24, 2.45) is 0 Å². The molecule has 108 valence electrons. The van der Waals surface area contributed by atoms with E-state index >= 15 is 0 Å².